The van der Waals surface area contributed by atoms with Crippen molar-refractivity contribution < 1.29 is 20.5 Å². The first kappa shape index (κ1) is 17.3. The molecular weight excluding hydrogens is 411 g/mol. The van der Waals surface area contributed by atoms with Crippen LogP contribution in [0.3, 0.4) is 0 Å². The summed E-state index contributed by atoms with van der Waals surface area (Å²) >= 11 is -2.81. The van der Waals surface area contributed by atoms with E-state index in [9.17, 15) is 9.59 Å². The molecule has 23 heavy (non-hydrogen) atoms. The van der Waals surface area contributed by atoms with Gasteiger partial charge in [0.15, 0.2) is 0 Å². The molecule has 0 spiro atoms. The second-order valence-corrected chi connectivity index (χ2v) is 7.95. The van der Waals surface area contributed by atoms with Gasteiger partial charge in [0, 0.05) is 0 Å². The number of carbonyl (C=O) groups is 2. The number of carbonyl (C=O) groups excluding carboxylic acids is 2. The maximum absolute atomic E-state index is 11.2. The standard InChI is InChI=1S/C17H17IO5/c1-13(19)22-18(23-14(2)20)16-9-6-10-17(11-16)21-12-15-7-4-3-5-8-15/h3-11H,12H2,1-2H3. The van der Waals surface area contributed by atoms with Gasteiger partial charge >= 0.3 is 143 Å². The zero-order chi connectivity index (χ0) is 16.7. The summed E-state index contributed by atoms with van der Waals surface area (Å²) in [7, 11) is 0. The average Bonchev–Trinajstić information content (AvgIpc) is 2.53. The Labute approximate surface area is 143 Å². The van der Waals surface area contributed by atoms with Crippen LogP contribution in [-0.4, -0.2) is 11.9 Å². The van der Waals surface area contributed by atoms with E-state index in [2.05, 4.69) is 0 Å². The minimum atomic E-state index is -2.81. The predicted octanol–water partition coefficient (Wildman–Crippen LogP) is 3.90. The summed E-state index contributed by atoms with van der Waals surface area (Å²) in [6.07, 6.45) is 0. The van der Waals surface area contributed by atoms with Crippen LogP contribution in [0.2, 0.25) is 0 Å². The van der Waals surface area contributed by atoms with Crippen LogP contribution in [-0.2, 0) is 22.3 Å². The summed E-state index contributed by atoms with van der Waals surface area (Å²) < 4.78 is 16.8. The molecule has 2 rings (SSSR count). The van der Waals surface area contributed by atoms with Gasteiger partial charge in [-0.3, -0.25) is 0 Å². The fourth-order valence-electron chi connectivity index (χ4n) is 1.70. The van der Waals surface area contributed by atoms with Crippen LogP contribution < -0.4 is 4.74 Å². The first-order valence-electron chi connectivity index (χ1n) is 6.89. The van der Waals surface area contributed by atoms with E-state index in [1.54, 1.807) is 18.2 Å². The molecule has 0 atom stereocenters. The SMILES string of the molecule is CC(=O)OI(OC(C)=O)c1cccc(OCc2ccccc2)c1. The van der Waals surface area contributed by atoms with Crippen LogP contribution in [0.15, 0.2) is 54.6 Å². The molecule has 2 aromatic carbocycles. The van der Waals surface area contributed by atoms with Crippen molar-refractivity contribution in [2.45, 2.75) is 20.5 Å². The van der Waals surface area contributed by atoms with E-state index in [1.165, 1.54) is 13.8 Å². The van der Waals surface area contributed by atoms with Crippen LogP contribution in [0.25, 0.3) is 0 Å². The molecule has 0 N–H and O–H groups in total. The molecule has 0 amide bonds. The summed E-state index contributed by atoms with van der Waals surface area (Å²) in [4.78, 5) is 22.4. The molecule has 0 bridgehead atoms. The minimum absolute atomic E-state index is 0.430. The molecule has 0 aromatic heterocycles. The van der Waals surface area contributed by atoms with E-state index in [1.807, 2.05) is 36.4 Å². The molecule has 0 saturated carbocycles. The van der Waals surface area contributed by atoms with Crippen molar-refractivity contribution in [3.8, 4) is 5.75 Å². The van der Waals surface area contributed by atoms with Crippen molar-refractivity contribution in [1.82, 2.24) is 0 Å². The van der Waals surface area contributed by atoms with E-state index in [0.717, 1.165) is 5.56 Å². The van der Waals surface area contributed by atoms with Gasteiger partial charge in [0.2, 0.25) is 0 Å². The van der Waals surface area contributed by atoms with Crippen LogP contribution in [0.4, 0.5) is 0 Å². The van der Waals surface area contributed by atoms with Gasteiger partial charge in [0.25, 0.3) is 0 Å². The van der Waals surface area contributed by atoms with E-state index in [0.29, 0.717) is 15.9 Å². The number of halogens is 1. The van der Waals surface area contributed by atoms with E-state index < -0.39 is 32.6 Å². The molecule has 0 aliphatic rings. The molecule has 0 aliphatic heterocycles. The van der Waals surface area contributed by atoms with Gasteiger partial charge in [-0.1, -0.05) is 0 Å². The summed E-state index contributed by atoms with van der Waals surface area (Å²) in [6, 6.07) is 16.9. The molecule has 0 heterocycles. The van der Waals surface area contributed by atoms with Crippen LogP contribution in [0, 0.1) is 3.57 Å². The van der Waals surface area contributed by atoms with Crippen molar-refractivity contribution in [1.29, 1.82) is 0 Å². The topological polar surface area (TPSA) is 61.8 Å². The zero-order valence-electron chi connectivity index (χ0n) is 12.8. The van der Waals surface area contributed by atoms with Gasteiger partial charge in [-0.25, -0.2) is 0 Å². The summed E-state index contributed by atoms with van der Waals surface area (Å²) in [5, 5.41) is 0. The Morgan fingerprint density at radius 3 is 2.17 bits per heavy atom. The normalized spacial score (nSPS) is 10.6. The van der Waals surface area contributed by atoms with Gasteiger partial charge in [0.1, 0.15) is 0 Å². The number of benzene rings is 2. The summed E-state index contributed by atoms with van der Waals surface area (Å²) in [5.74, 6) is -0.299. The van der Waals surface area contributed by atoms with Crippen molar-refractivity contribution in [2.24, 2.45) is 0 Å². The van der Waals surface area contributed by atoms with Crippen molar-refractivity contribution in [3.63, 3.8) is 0 Å². The van der Waals surface area contributed by atoms with Gasteiger partial charge in [0.05, 0.1) is 0 Å². The first-order chi connectivity index (χ1) is 11.0. The molecule has 2 aromatic rings. The average molecular weight is 428 g/mol. The number of hydrogen-bond donors (Lipinski definition) is 0. The van der Waals surface area contributed by atoms with Crippen molar-refractivity contribution in [2.75, 3.05) is 0 Å². The van der Waals surface area contributed by atoms with Crippen molar-refractivity contribution in [3.05, 3.63) is 63.7 Å². The van der Waals surface area contributed by atoms with E-state index in [-0.39, 0.29) is 0 Å². The van der Waals surface area contributed by atoms with Gasteiger partial charge in [-0.2, -0.15) is 0 Å². The van der Waals surface area contributed by atoms with E-state index in [4.69, 9.17) is 10.9 Å². The number of rotatable bonds is 6. The molecule has 122 valence electrons. The molecule has 0 fully saturated rings. The van der Waals surface area contributed by atoms with Crippen LogP contribution in [0.1, 0.15) is 19.4 Å². The van der Waals surface area contributed by atoms with Gasteiger partial charge in [-0.15, -0.1) is 0 Å². The van der Waals surface area contributed by atoms with Gasteiger partial charge < -0.3 is 0 Å². The quantitative estimate of drug-likeness (QED) is 0.654. The first-order valence-corrected chi connectivity index (χ1v) is 9.73. The molecule has 0 unspecified atom stereocenters. The summed E-state index contributed by atoms with van der Waals surface area (Å²) in [5.41, 5.74) is 1.05. The van der Waals surface area contributed by atoms with Gasteiger partial charge in [-0.05, 0) is 0 Å². The maximum atomic E-state index is 11.2. The Hall–Kier alpha value is -2.09. The third-order valence-corrected chi connectivity index (χ3v) is 6.31. The van der Waals surface area contributed by atoms with Crippen LogP contribution >= 0.6 is 20.6 Å². The van der Waals surface area contributed by atoms with Crippen molar-refractivity contribution >= 4 is 32.6 Å². The Bertz CT molecular complexity index is 656. The number of hydrogen-bond acceptors (Lipinski definition) is 5. The second-order valence-electron chi connectivity index (χ2n) is 4.59. The molecule has 6 heteroatoms. The fraction of sp³-hybridized carbons (Fsp3) is 0.176. The fourth-order valence-corrected chi connectivity index (χ4v) is 4.48. The third-order valence-electron chi connectivity index (χ3n) is 2.58. The number of ether oxygens (including phenoxy) is 1. The molecular formula is C17H17IO5. The molecule has 0 aliphatic carbocycles. The second kappa shape index (κ2) is 8.52. The Balaban J connectivity index is 2.10. The monoisotopic (exact) mass is 428 g/mol. The molecule has 0 radical (unpaired) electrons. The Morgan fingerprint density at radius 1 is 0.913 bits per heavy atom. The van der Waals surface area contributed by atoms with E-state index >= 15 is 0 Å². The Morgan fingerprint density at radius 2 is 1.57 bits per heavy atom. The predicted molar refractivity (Wildman–Crippen MR) is 93.5 cm³/mol. The summed E-state index contributed by atoms with van der Waals surface area (Å²) in [6.45, 7) is 3.02. The molecule has 5 nitrogen and oxygen atoms in total. The van der Waals surface area contributed by atoms with Crippen LogP contribution in [0.5, 0.6) is 5.75 Å². The third kappa shape index (κ3) is 5.90. The zero-order valence-corrected chi connectivity index (χ0v) is 15.0. The Kier molecular flexibility index (Phi) is 6.40. The molecule has 0 saturated heterocycles.